The SMILES string of the molecule is C=CN(c1c(C(C)C)cc(OCCC)cc1C(F)(F)F)C1CC(C)(O)C1. The molecule has 0 aliphatic heterocycles. The van der Waals surface area contributed by atoms with Crippen molar-refractivity contribution in [1.29, 1.82) is 0 Å². The molecule has 0 saturated heterocycles. The zero-order valence-electron chi connectivity index (χ0n) is 15.9. The molecular formula is C20H28F3NO2. The molecule has 6 heteroatoms. The lowest BCUT2D eigenvalue weighted by atomic mass is 9.76. The molecule has 1 saturated carbocycles. The highest BCUT2D eigenvalue weighted by Crippen LogP contribution is 2.47. The third kappa shape index (κ3) is 4.34. The summed E-state index contributed by atoms with van der Waals surface area (Å²) < 4.78 is 47.1. The van der Waals surface area contributed by atoms with Crippen LogP contribution in [-0.2, 0) is 6.18 Å². The molecular weight excluding hydrogens is 343 g/mol. The maximum Gasteiger partial charge on any atom is 0.418 e. The topological polar surface area (TPSA) is 32.7 Å². The van der Waals surface area contributed by atoms with Gasteiger partial charge in [-0.3, -0.25) is 0 Å². The van der Waals surface area contributed by atoms with Gasteiger partial charge in [0, 0.05) is 6.04 Å². The molecule has 0 amide bonds. The van der Waals surface area contributed by atoms with Gasteiger partial charge in [0.05, 0.1) is 23.5 Å². The van der Waals surface area contributed by atoms with Gasteiger partial charge in [0.1, 0.15) is 5.75 Å². The first-order valence-electron chi connectivity index (χ1n) is 9.01. The van der Waals surface area contributed by atoms with E-state index in [0.29, 0.717) is 25.0 Å². The average Bonchev–Trinajstić information content (AvgIpc) is 2.50. The summed E-state index contributed by atoms with van der Waals surface area (Å²) >= 11 is 0. The van der Waals surface area contributed by atoms with Crippen molar-refractivity contribution in [3.8, 4) is 5.75 Å². The highest BCUT2D eigenvalue weighted by atomic mass is 19.4. The second kappa shape index (κ2) is 7.51. The molecule has 0 heterocycles. The van der Waals surface area contributed by atoms with Crippen LogP contribution in [0, 0.1) is 0 Å². The van der Waals surface area contributed by atoms with Crippen molar-refractivity contribution < 1.29 is 23.0 Å². The summed E-state index contributed by atoms with van der Waals surface area (Å²) in [6.45, 7) is 11.4. The number of alkyl halides is 3. The molecule has 1 aromatic carbocycles. The third-order valence-electron chi connectivity index (χ3n) is 4.71. The highest BCUT2D eigenvalue weighted by molar-refractivity contribution is 5.67. The molecule has 2 rings (SSSR count). The van der Waals surface area contributed by atoms with Gasteiger partial charge in [0.15, 0.2) is 0 Å². The van der Waals surface area contributed by atoms with Crippen molar-refractivity contribution in [3.63, 3.8) is 0 Å². The highest BCUT2D eigenvalue weighted by Gasteiger charge is 2.44. The van der Waals surface area contributed by atoms with Crippen LogP contribution in [0.1, 0.15) is 64.0 Å². The summed E-state index contributed by atoms with van der Waals surface area (Å²) in [5, 5.41) is 10.0. The quantitative estimate of drug-likeness (QED) is 0.689. The van der Waals surface area contributed by atoms with Crippen LogP contribution in [0.4, 0.5) is 18.9 Å². The summed E-state index contributed by atoms with van der Waals surface area (Å²) in [4.78, 5) is 1.57. The van der Waals surface area contributed by atoms with Crippen molar-refractivity contribution in [2.75, 3.05) is 11.5 Å². The van der Waals surface area contributed by atoms with E-state index < -0.39 is 17.3 Å². The van der Waals surface area contributed by atoms with Crippen molar-refractivity contribution >= 4 is 5.69 Å². The second-order valence-electron chi connectivity index (χ2n) is 7.56. The Morgan fingerprint density at radius 1 is 1.38 bits per heavy atom. The number of benzene rings is 1. The summed E-state index contributed by atoms with van der Waals surface area (Å²) in [7, 11) is 0. The normalized spacial score (nSPS) is 22.9. The Balaban J connectivity index is 2.58. The number of hydrogen-bond acceptors (Lipinski definition) is 3. The van der Waals surface area contributed by atoms with Crippen molar-refractivity contribution in [3.05, 3.63) is 36.0 Å². The third-order valence-corrected chi connectivity index (χ3v) is 4.71. The second-order valence-corrected chi connectivity index (χ2v) is 7.56. The number of hydrogen-bond donors (Lipinski definition) is 1. The predicted molar refractivity (Wildman–Crippen MR) is 97.6 cm³/mol. The Morgan fingerprint density at radius 2 is 2.00 bits per heavy atom. The Labute approximate surface area is 153 Å². The molecule has 1 aliphatic carbocycles. The summed E-state index contributed by atoms with van der Waals surface area (Å²) in [5.41, 5.74) is -0.877. The number of nitrogens with zero attached hydrogens (tertiary/aromatic N) is 1. The van der Waals surface area contributed by atoms with E-state index >= 15 is 0 Å². The molecule has 1 fully saturated rings. The van der Waals surface area contributed by atoms with Crippen LogP contribution in [0.5, 0.6) is 5.75 Å². The van der Waals surface area contributed by atoms with Gasteiger partial charge in [-0.1, -0.05) is 27.4 Å². The minimum atomic E-state index is -4.52. The first-order valence-corrected chi connectivity index (χ1v) is 9.01. The molecule has 0 spiro atoms. The molecule has 1 aliphatic rings. The maximum atomic E-state index is 13.9. The Kier molecular flexibility index (Phi) is 5.95. The summed E-state index contributed by atoms with van der Waals surface area (Å²) in [5.74, 6) is 0.107. The molecule has 146 valence electrons. The van der Waals surface area contributed by atoms with Crippen LogP contribution >= 0.6 is 0 Å². The summed E-state index contributed by atoms with van der Waals surface area (Å²) in [6.07, 6.45) is -1.55. The number of rotatable bonds is 7. The van der Waals surface area contributed by atoms with Gasteiger partial charge in [-0.15, -0.1) is 0 Å². The van der Waals surface area contributed by atoms with Gasteiger partial charge in [-0.2, -0.15) is 13.2 Å². The van der Waals surface area contributed by atoms with Gasteiger partial charge in [0.2, 0.25) is 0 Å². The first kappa shape index (κ1) is 20.6. The van der Waals surface area contributed by atoms with Crippen molar-refractivity contribution in [1.82, 2.24) is 0 Å². The van der Waals surface area contributed by atoms with Gasteiger partial charge in [-0.05, 0) is 56.0 Å². The molecule has 1 N–H and O–H groups in total. The number of ether oxygens (including phenoxy) is 1. The Bertz CT molecular complexity index is 645. The molecule has 3 nitrogen and oxygen atoms in total. The molecule has 0 radical (unpaired) electrons. The minimum Gasteiger partial charge on any atom is -0.494 e. The van der Waals surface area contributed by atoms with Crippen LogP contribution in [-0.4, -0.2) is 23.4 Å². The fourth-order valence-corrected chi connectivity index (χ4v) is 3.45. The van der Waals surface area contributed by atoms with Crippen LogP contribution in [0.15, 0.2) is 24.9 Å². The van der Waals surface area contributed by atoms with E-state index in [9.17, 15) is 18.3 Å². The fraction of sp³-hybridized carbons (Fsp3) is 0.600. The van der Waals surface area contributed by atoms with Crippen LogP contribution < -0.4 is 9.64 Å². The minimum absolute atomic E-state index is 0.117. The van der Waals surface area contributed by atoms with E-state index in [-0.39, 0.29) is 23.4 Å². The van der Waals surface area contributed by atoms with Crippen LogP contribution in [0.2, 0.25) is 0 Å². The average molecular weight is 371 g/mol. The lowest BCUT2D eigenvalue weighted by Crippen LogP contribution is -2.52. The van der Waals surface area contributed by atoms with Gasteiger partial charge >= 0.3 is 6.18 Å². The molecule has 0 aromatic heterocycles. The van der Waals surface area contributed by atoms with Gasteiger partial charge < -0.3 is 14.7 Å². The lowest BCUT2D eigenvalue weighted by molar-refractivity contribution is -0.137. The van der Waals surface area contributed by atoms with Crippen LogP contribution in [0.3, 0.4) is 0 Å². The zero-order chi connectivity index (χ0) is 19.7. The Hall–Kier alpha value is -1.69. The zero-order valence-corrected chi connectivity index (χ0v) is 15.9. The molecule has 0 unspecified atom stereocenters. The molecule has 0 bridgehead atoms. The van der Waals surface area contributed by atoms with E-state index in [1.54, 1.807) is 17.9 Å². The van der Waals surface area contributed by atoms with Crippen molar-refractivity contribution in [2.45, 2.75) is 70.7 Å². The van der Waals surface area contributed by atoms with Crippen molar-refractivity contribution in [2.24, 2.45) is 0 Å². The molecule has 1 aromatic rings. The standard InChI is InChI=1S/C20H28F3NO2/c1-6-8-26-15-9-16(13(3)4)18(17(10-15)20(21,22)23)24(7-2)14-11-19(5,25)12-14/h7,9-10,13-14,25H,2,6,8,11-12H2,1,3-5H3. The van der Waals surface area contributed by atoms with E-state index in [1.165, 1.54) is 6.20 Å². The van der Waals surface area contributed by atoms with E-state index in [0.717, 1.165) is 12.5 Å². The monoisotopic (exact) mass is 371 g/mol. The molecule has 0 atom stereocenters. The molecule has 26 heavy (non-hydrogen) atoms. The number of halogens is 3. The predicted octanol–water partition coefficient (Wildman–Crippen LogP) is 5.48. The van der Waals surface area contributed by atoms with Gasteiger partial charge in [-0.25, -0.2) is 0 Å². The van der Waals surface area contributed by atoms with E-state index in [2.05, 4.69) is 6.58 Å². The van der Waals surface area contributed by atoms with Crippen LogP contribution in [0.25, 0.3) is 0 Å². The fourth-order valence-electron chi connectivity index (χ4n) is 3.45. The summed E-state index contributed by atoms with van der Waals surface area (Å²) in [6, 6.07) is 2.56. The maximum absolute atomic E-state index is 13.9. The van der Waals surface area contributed by atoms with Gasteiger partial charge in [0.25, 0.3) is 0 Å². The van der Waals surface area contributed by atoms with E-state index in [4.69, 9.17) is 4.74 Å². The lowest BCUT2D eigenvalue weighted by Gasteiger charge is -2.47. The Morgan fingerprint density at radius 3 is 2.42 bits per heavy atom. The largest absolute Gasteiger partial charge is 0.494 e. The smallest absolute Gasteiger partial charge is 0.418 e. The first-order chi connectivity index (χ1) is 12.0. The number of aliphatic hydroxyl groups is 1. The van der Waals surface area contributed by atoms with E-state index in [1.807, 2.05) is 20.8 Å². The number of anilines is 1.